The van der Waals surface area contributed by atoms with E-state index in [0.29, 0.717) is 12.2 Å². The van der Waals surface area contributed by atoms with Crippen LogP contribution in [0.5, 0.6) is 0 Å². The zero-order valence-corrected chi connectivity index (χ0v) is 16.1. The SMILES string of the molecule is CC(C)CN(Cc1ccc(Br)cn1)S(=O)(=O)c1ccccc1Cl. The molecule has 0 atom stereocenters. The molecule has 0 radical (unpaired) electrons. The minimum Gasteiger partial charge on any atom is -0.259 e. The van der Waals surface area contributed by atoms with Crippen LogP contribution in [-0.2, 0) is 16.6 Å². The first-order valence-corrected chi connectivity index (χ1v) is 9.77. The first kappa shape index (κ1) is 18.4. The van der Waals surface area contributed by atoms with E-state index in [9.17, 15) is 8.42 Å². The molecule has 0 saturated carbocycles. The quantitative estimate of drug-likeness (QED) is 0.702. The second-order valence-electron chi connectivity index (χ2n) is 5.59. The fraction of sp³-hybridized carbons (Fsp3) is 0.312. The Hall–Kier alpha value is -0.950. The van der Waals surface area contributed by atoms with Crippen molar-refractivity contribution < 1.29 is 8.42 Å². The van der Waals surface area contributed by atoms with Crippen molar-refractivity contribution >= 4 is 37.6 Å². The summed E-state index contributed by atoms with van der Waals surface area (Å²) < 4.78 is 28.2. The van der Waals surface area contributed by atoms with Gasteiger partial charge in [0.2, 0.25) is 10.0 Å². The van der Waals surface area contributed by atoms with Gasteiger partial charge in [-0.2, -0.15) is 4.31 Å². The summed E-state index contributed by atoms with van der Waals surface area (Å²) >= 11 is 9.41. The third-order valence-electron chi connectivity index (χ3n) is 3.15. The maximum Gasteiger partial charge on any atom is 0.244 e. The third kappa shape index (κ3) is 4.76. The molecule has 7 heteroatoms. The van der Waals surface area contributed by atoms with E-state index in [4.69, 9.17) is 11.6 Å². The molecule has 2 aromatic rings. The molecule has 0 aliphatic carbocycles. The van der Waals surface area contributed by atoms with Crippen LogP contribution in [0.25, 0.3) is 0 Å². The molecule has 0 saturated heterocycles. The van der Waals surface area contributed by atoms with E-state index in [1.165, 1.54) is 10.4 Å². The molecule has 0 bridgehead atoms. The predicted octanol–water partition coefficient (Wildman–Crippen LogP) is 4.34. The van der Waals surface area contributed by atoms with Gasteiger partial charge < -0.3 is 0 Å². The van der Waals surface area contributed by atoms with Gasteiger partial charge >= 0.3 is 0 Å². The summed E-state index contributed by atoms with van der Waals surface area (Å²) in [6.45, 7) is 4.55. The van der Waals surface area contributed by atoms with Crippen LogP contribution in [0.4, 0.5) is 0 Å². The smallest absolute Gasteiger partial charge is 0.244 e. The van der Waals surface area contributed by atoms with E-state index in [1.54, 1.807) is 30.5 Å². The lowest BCUT2D eigenvalue weighted by molar-refractivity contribution is 0.359. The van der Waals surface area contributed by atoms with Gasteiger partial charge in [-0.3, -0.25) is 4.98 Å². The van der Waals surface area contributed by atoms with Crippen molar-refractivity contribution in [1.29, 1.82) is 0 Å². The Morgan fingerprint density at radius 3 is 2.48 bits per heavy atom. The molecule has 1 aromatic carbocycles. The van der Waals surface area contributed by atoms with Crippen LogP contribution < -0.4 is 0 Å². The molecule has 0 aliphatic rings. The Kier molecular flexibility index (Phi) is 6.19. The van der Waals surface area contributed by atoms with Crippen LogP contribution in [0.1, 0.15) is 19.5 Å². The summed E-state index contributed by atoms with van der Waals surface area (Å²) in [4.78, 5) is 4.39. The number of hydrogen-bond acceptors (Lipinski definition) is 3. The standard InChI is InChI=1S/C16H18BrClN2O2S/c1-12(2)10-20(11-14-8-7-13(17)9-19-14)23(21,22)16-6-4-3-5-15(16)18/h3-9,12H,10-11H2,1-2H3. The number of benzene rings is 1. The number of sulfonamides is 1. The summed E-state index contributed by atoms with van der Waals surface area (Å²) in [6, 6.07) is 10.1. The molecule has 1 aromatic heterocycles. The fourth-order valence-corrected chi connectivity index (χ4v) is 4.43. The Morgan fingerprint density at radius 1 is 1.22 bits per heavy atom. The van der Waals surface area contributed by atoms with E-state index in [1.807, 2.05) is 19.9 Å². The first-order chi connectivity index (χ1) is 10.8. The van der Waals surface area contributed by atoms with Gasteiger partial charge in [0.05, 0.1) is 17.3 Å². The van der Waals surface area contributed by atoms with Crippen LogP contribution in [0.3, 0.4) is 0 Å². The largest absolute Gasteiger partial charge is 0.259 e. The molecule has 2 rings (SSSR count). The molecule has 0 fully saturated rings. The van der Waals surface area contributed by atoms with Crippen molar-refractivity contribution in [2.45, 2.75) is 25.3 Å². The summed E-state index contributed by atoms with van der Waals surface area (Å²) in [5, 5.41) is 0.227. The minimum atomic E-state index is -3.69. The molecule has 1 heterocycles. The average molecular weight is 418 g/mol. The number of rotatable bonds is 6. The molecular formula is C16H18BrClN2O2S. The highest BCUT2D eigenvalue weighted by Gasteiger charge is 2.27. The van der Waals surface area contributed by atoms with Crippen molar-refractivity contribution in [3.63, 3.8) is 0 Å². The summed E-state index contributed by atoms with van der Waals surface area (Å²) in [6.07, 6.45) is 1.66. The maximum atomic E-state index is 13.0. The highest BCUT2D eigenvalue weighted by atomic mass is 79.9. The van der Waals surface area contributed by atoms with Crippen molar-refractivity contribution in [2.75, 3.05) is 6.54 Å². The van der Waals surface area contributed by atoms with Gasteiger partial charge in [0, 0.05) is 17.2 Å². The molecule has 0 unspecified atom stereocenters. The zero-order chi connectivity index (χ0) is 17.0. The Labute approximate surface area is 150 Å². The van der Waals surface area contributed by atoms with E-state index >= 15 is 0 Å². The predicted molar refractivity (Wildman–Crippen MR) is 95.8 cm³/mol. The summed E-state index contributed by atoms with van der Waals surface area (Å²) in [7, 11) is -3.69. The Morgan fingerprint density at radius 2 is 1.91 bits per heavy atom. The van der Waals surface area contributed by atoms with Gasteiger partial charge in [-0.15, -0.1) is 0 Å². The number of hydrogen-bond donors (Lipinski definition) is 0. The van der Waals surface area contributed by atoms with Crippen LogP contribution in [-0.4, -0.2) is 24.3 Å². The average Bonchev–Trinajstić information content (AvgIpc) is 2.48. The number of pyridine rings is 1. The normalized spacial score (nSPS) is 12.1. The van der Waals surface area contributed by atoms with Gasteiger partial charge in [0.25, 0.3) is 0 Å². The zero-order valence-electron chi connectivity index (χ0n) is 12.9. The molecule has 4 nitrogen and oxygen atoms in total. The molecule has 124 valence electrons. The lowest BCUT2D eigenvalue weighted by Crippen LogP contribution is -2.34. The first-order valence-electron chi connectivity index (χ1n) is 7.16. The molecule has 23 heavy (non-hydrogen) atoms. The van der Waals surface area contributed by atoms with Crippen LogP contribution in [0.15, 0.2) is 52.0 Å². The lowest BCUT2D eigenvalue weighted by Gasteiger charge is -2.24. The lowest BCUT2D eigenvalue weighted by atomic mass is 10.2. The Balaban J connectivity index is 2.37. The molecule has 0 N–H and O–H groups in total. The molecule has 0 spiro atoms. The second-order valence-corrected chi connectivity index (χ2v) is 8.82. The van der Waals surface area contributed by atoms with Crippen LogP contribution in [0.2, 0.25) is 5.02 Å². The van der Waals surface area contributed by atoms with Crippen molar-refractivity contribution in [1.82, 2.24) is 9.29 Å². The van der Waals surface area contributed by atoms with Gasteiger partial charge in [-0.05, 0) is 46.1 Å². The highest BCUT2D eigenvalue weighted by Crippen LogP contribution is 2.26. The van der Waals surface area contributed by atoms with E-state index in [0.717, 1.165) is 4.47 Å². The van der Waals surface area contributed by atoms with Crippen molar-refractivity contribution in [3.8, 4) is 0 Å². The molecule has 0 aliphatic heterocycles. The molecular weight excluding hydrogens is 400 g/mol. The van der Waals surface area contributed by atoms with Gasteiger partial charge in [0.15, 0.2) is 0 Å². The van der Waals surface area contributed by atoms with Gasteiger partial charge in [-0.25, -0.2) is 8.42 Å². The number of aromatic nitrogens is 1. The maximum absolute atomic E-state index is 13.0. The topological polar surface area (TPSA) is 50.3 Å². The monoisotopic (exact) mass is 416 g/mol. The third-order valence-corrected chi connectivity index (χ3v) is 5.93. The van der Waals surface area contributed by atoms with Crippen molar-refractivity contribution in [2.24, 2.45) is 5.92 Å². The van der Waals surface area contributed by atoms with Crippen molar-refractivity contribution in [3.05, 3.63) is 57.8 Å². The van der Waals surface area contributed by atoms with Gasteiger partial charge in [0.1, 0.15) is 4.90 Å². The molecule has 0 amide bonds. The van der Waals surface area contributed by atoms with E-state index in [2.05, 4.69) is 20.9 Å². The van der Waals surface area contributed by atoms with E-state index < -0.39 is 10.0 Å². The number of halogens is 2. The van der Waals surface area contributed by atoms with E-state index in [-0.39, 0.29) is 22.4 Å². The van der Waals surface area contributed by atoms with Crippen LogP contribution >= 0.6 is 27.5 Å². The summed E-state index contributed by atoms with van der Waals surface area (Å²) in [5.41, 5.74) is 0.685. The summed E-state index contributed by atoms with van der Waals surface area (Å²) in [5.74, 6) is 0.183. The van der Waals surface area contributed by atoms with Gasteiger partial charge in [-0.1, -0.05) is 37.6 Å². The second kappa shape index (κ2) is 7.75. The van der Waals surface area contributed by atoms with Crippen LogP contribution in [0, 0.1) is 5.92 Å². The fourth-order valence-electron chi connectivity index (χ4n) is 2.13. The minimum absolute atomic E-state index is 0.124. The Bertz CT molecular complexity index is 764. The number of nitrogens with zero attached hydrogens (tertiary/aromatic N) is 2. The highest BCUT2D eigenvalue weighted by molar-refractivity contribution is 9.10.